The van der Waals surface area contributed by atoms with Gasteiger partial charge < -0.3 is 19.9 Å². The van der Waals surface area contributed by atoms with Crippen molar-refractivity contribution in [2.75, 3.05) is 6.61 Å². The molecule has 0 saturated heterocycles. The number of fused-ring (bicyclic) bond motifs is 1. The Balaban J connectivity index is 1.56. The Morgan fingerprint density at radius 1 is 1.27 bits per heavy atom. The number of carbonyl (C=O) groups is 2. The van der Waals surface area contributed by atoms with Crippen LogP contribution in [-0.4, -0.2) is 33.0 Å². The molecule has 10 heteroatoms. The number of halogens is 2. The Labute approximate surface area is 195 Å². The molecule has 1 atom stereocenters. The van der Waals surface area contributed by atoms with E-state index in [0.717, 1.165) is 0 Å². The highest BCUT2D eigenvalue weighted by atomic mass is 35.5. The molecule has 1 aliphatic heterocycles. The van der Waals surface area contributed by atoms with Crippen molar-refractivity contribution in [1.82, 2.24) is 25.2 Å². The van der Waals surface area contributed by atoms with Crippen LogP contribution in [0, 0.1) is 5.82 Å². The molecule has 0 bridgehead atoms. The first-order chi connectivity index (χ1) is 16.0. The van der Waals surface area contributed by atoms with Gasteiger partial charge in [0.1, 0.15) is 11.5 Å². The van der Waals surface area contributed by atoms with Crippen molar-refractivity contribution in [3.63, 3.8) is 0 Å². The van der Waals surface area contributed by atoms with E-state index in [1.165, 1.54) is 12.1 Å². The Hall–Kier alpha value is -3.30. The van der Waals surface area contributed by atoms with Gasteiger partial charge in [0, 0.05) is 24.0 Å². The van der Waals surface area contributed by atoms with E-state index in [1.807, 2.05) is 6.92 Å². The average molecular weight is 472 g/mol. The second-order valence-corrected chi connectivity index (χ2v) is 7.98. The van der Waals surface area contributed by atoms with Crippen molar-refractivity contribution in [3.8, 4) is 0 Å². The number of hydrogen-bond acceptors (Lipinski definition) is 5. The molecular weight excluding hydrogens is 449 g/mol. The van der Waals surface area contributed by atoms with Crippen LogP contribution in [0.3, 0.4) is 0 Å². The highest BCUT2D eigenvalue weighted by Gasteiger charge is 2.27. The largest absolute Gasteiger partial charge is 0.373 e. The van der Waals surface area contributed by atoms with Crippen molar-refractivity contribution in [2.24, 2.45) is 0 Å². The van der Waals surface area contributed by atoms with Crippen molar-refractivity contribution >= 4 is 23.4 Å². The van der Waals surface area contributed by atoms with Gasteiger partial charge in [0.25, 0.3) is 11.8 Å². The van der Waals surface area contributed by atoms with Crippen LogP contribution in [0.15, 0.2) is 42.9 Å². The van der Waals surface area contributed by atoms with Crippen LogP contribution in [0.2, 0.25) is 5.02 Å². The average Bonchev–Trinajstić information content (AvgIpc) is 3.22. The Morgan fingerprint density at radius 3 is 2.85 bits per heavy atom. The molecule has 0 spiro atoms. The zero-order valence-corrected chi connectivity index (χ0v) is 18.7. The van der Waals surface area contributed by atoms with Crippen LogP contribution >= 0.6 is 11.6 Å². The number of nitrogens with zero attached hydrogens (tertiary/aromatic N) is 3. The summed E-state index contributed by atoms with van der Waals surface area (Å²) in [5.74, 6) is -1.12. The number of aromatic nitrogens is 3. The summed E-state index contributed by atoms with van der Waals surface area (Å²) >= 11 is 6.20. The van der Waals surface area contributed by atoms with E-state index in [2.05, 4.69) is 20.6 Å². The van der Waals surface area contributed by atoms with Crippen molar-refractivity contribution in [2.45, 2.75) is 39.1 Å². The maximum atomic E-state index is 13.4. The Bertz CT molecular complexity index is 1170. The monoisotopic (exact) mass is 471 g/mol. The van der Waals surface area contributed by atoms with E-state index < -0.39 is 11.9 Å². The SMILES string of the molecule is CC[C@@H](NC(=O)c1cc(C(=O)NCc2cnccn2)c2n1CCOC2)c1ccc(F)cc1Cl. The first-order valence-electron chi connectivity index (χ1n) is 10.6. The van der Waals surface area contributed by atoms with Crippen LogP contribution in [0.1, 0.15) is 57.2 Å². The molecule has 2 N–H and O–H groups in total. The minimum Gasteiger partial charge on any atom is -0.373 e. The molecule has 0 fully saturated rings. The molecule has 33 heavy (non-hydrogen) atoms. The van der Waals surface area contributed by atoms with Crippen LogP contribution in [0.25, 0.3) is 0 Å². The Kier molecular flexibility index (Phi) is 7.00. The summed E-state index contributed by atoms with van der Waals surface area (Å²) < 4.78 is 20.8. The summed E-state index contributed by atoms with van der Waals surface area (Å²) in [7, 11) is 0. The number of amides is 2. The Morgan fingerprint density at radius 2 is 2.12 bits per heavy atom. The van der Waals surface area contributed by atoms with Gasteiger partial charge in [0.05, 0.1) is 48.9 Å². The second kappa shape index (κ2) is 10.1. The maximum absolute atomic E-state index is 13.4. The van der Waals surface area contributed by atoms with Crippen LogP contribution in [0.4, 0.5) is 4.39 Å². The third-order valence-corrected chi connectivity index (χ3v) is 5.81. The molecule has 2 aromatic heterocycles. The summed E-state index contributed by atoms with van der Waals surface area (Å²) in [6.45, 7) is 3.22. The second-order valence-electron chi connectivity index (χ2n) is 7.57. The molecule has 3 aromatic rings. The first-order valence-corrected chi connectivity index (χ1v) is 10.9. The molecule has 0 aliphatic carbocycles. The van der Waals surface area contributed by atoms with Gasteiger partial charge in [-0.2, -0.15) is 0 Å². The highest BCUT2D eigenvalue weighted by Crippen LogP contribution is 2.27. The van der Waals surface area contributed by atoms with Gasteiger partial charge in [-0.05, 0) is 30.2 Å². The quantitative estimate of drug-likeness (QED) is 0.550. The maximum Gasteiger partial charge on any atom is 0.268 e. The first kappa shape index (κ1) is 22.9. The van der Waals surface area contributed by atoms with Gasteiger partial charge in [-0.1, -0.05) is 24.6 Å². The number of carbonyl (C=O) groups excluding carboxylic acids is 2. The van der Waals surface area contributed by atoms with Gasteiger partial charge in [-0.3, -0.25) is 19.6 Å². The van der Waals surface area contributed by atoms with E-state index in [1.54, 1.807) is 35.3 Å². The minimum atomic E-state index is -0.442. The molecule has 1 aliphatic rings. The third-order valence-electron chi connectivity index (χ3n) is 5.48. The van der Waals surface area contributed by atoms with Crippen molar-refractivity contribution < 1.29 is 18.7 Å². The molecule has 0 unspecified atom stereocenters. The number of ether oxygens (including phenoxy) is 1. The fourth-order valence-corrected chi connectivity index (χ4v) is 4.11. The fraction of sp³-hybridized carbons (Fsp3) is 0.304. The zero-order chi connectivity index (χ0) is 23.4. The lowest BCUT2D eigenvalue weighted by atomic mass is 10.0. The summed E-state index contributed by atoms with van der Waals surface area (Å²) in [5.41, 5.74) is 2.61. The van der Waals surface area contributed by atoms with E-state index in [0.29, 0.717) is 47.8 Å². The standard InChI is InChI=1S/C23H23ClFN5O3/c1-2-19(16-4-3-14(25)9-18(16)24)29-23(32)20-10-17(21-13-33-8-7-30(20)21)22(31)28-12-15-11-26-5-6-27-15/h3-6,9-11,19H,2,7-8,12-13H2,1H3,(H,28,31)(H,29,32)/t19-/m1/s1. The molecule has 0 saturated carbocycles. The van der Waals surface area contributed by atoms with Crippen LogP contribution < -0.4 is 10.6 Å². The number of nitrogens with one attached hydrogen (secondary N) is 2. The van der Waals surface area contributed by atoms with Crippen molar-refractivity contribution in [3.05, 3.63) is 81.9 Å². The van der Waals surface area contributed by atoms with Crippen LogP contribution in [0.5, 0.6) is 0 Å². The van der Waals surface area contributed by atoms with Crippen LogP contribution in [-0.2, 0) is 24.4 Å². The minimum absolute atomic E-state index is 0.209. The topological polar surface area (TPSA) is 98.1 Å². The fourth-order valence-electron chi connectivity index (χ4n) is 3.81. The highest BCUT2D eigenvalue weighted by molar-refractivity contribution is 6.31. The summed E-state index contributed by atoms with van der Waals surface area (Å²) in [5, 5.41) is 6.02. The predicted octanol–water partition coefficient (Wildman–Crippen LogP) is 3.41. The van der Waals surface area contributed by atoms with Gasteiger partial charge >= 0.3 is 0 Å². The van der Waals surface area contributed by atoms with E-state index in [4.69, 9.17) is 16.3 Å². The molecule has 8 nitrogen and oxygen atoms in total. The van der Waals surface area contributed by atoms with Gasteiger partial charge in [0.15, 0.2) is 0 Å². The molecule has 3 heterocycles. The van der Waals surface area contributed by atoms with E-state index >= 15 is 0 Å². The van der Waals surface area contributed by atoms with E-state index in [-0.39, 0.29) is 30.0 Å². The summed E-state index contributed by atoms with van der Waals surface area (Å²) in [6.07, 6.45) is 5.23. The molecule has 172 valence electrons. The van der Waals surface area contributed by atoms with Gasteiger partial charge in [0.2, 0.25) is 0 Å². The lowest BCUT2D eigenvalue weighted by molar-refractivity contribution is 0.0775. The molecule has 2 amide bonds. The lowest BCUT2D eigenvalue weighted by Gasteiger charge is -2.22. The van der Waals surface area contributed by atoms with Gasteiger partial charge in [-0.25, -0.2) is 4.39 Å². The summed E-state index contributed by atoms with van der Waals surface area (Å²) in [6, 6.07) is 5.27. The number of rotatable bonds is 7. The normalized spacial score (nSPS) is 13.8. The molecular formula is C23H23ClFN5O3. The smallest absolute Gasteiger partial charge is 0.268 e. The third kappa shape index (κ3) is 5.04. The van der Waals surface area contributed by atoms with Crippen molar-refractivity contribution in [1.29, 1.82) is 0 Å². The van der Waals surface area contributed by atoms with E-state index in [9.17, 15) is 14.0 Å². The molecule has 1 aromatic carbocycles. The molecule has 4 rings (SSSR count). The molecule has 0 radical (unpaired) electrons. The van der Waals surface area contributed by atoms with Gasteiger partial charge in [-0.15, -0.1) is 0 Å². The summed E-state index contributed by atoms with van der Waals surface area (Å²) in [4.78, 5) is 34.2. The number of benzene rings is 1. The zero-order valence-electron chi connectivity index (χ0n) is 18.0. The lowest BCUT2D eigenvalue weighted by Crippen LogP contribution is -2.31. The number of hydrogen-bond donors (Lipinski definition) is 2. The predicted molar refractivity (Wildman–Crippen MR) is 119 cm³/mol.